The molecule has 138 valence electrons. The molecule has 1 N–H and O–H groups in total. The van der Waals surface area contributed by atoms with Crippen LogP contribution in [0.5, 0.6) is 0 Å². The summed E-state index contributed by atoms with van der Waals surface area (Å²) in [6.07, 6.45) is 4.81. The van der Waals surface area contributed by atoms with Crippen LogP contribution in [0, 0.1) is 0 Å². The summed E-state index contributed by atoms with van der Waals surface area (Å²) in [5, 5.41) is 3.28. The van der Waals surface area contributed by atoms with Crippen LogP contribution in [0.4, 0.5) is 0 Å². The molecule has 0 unspecified atom stereocenters. The van der Waals surface area contributed by atoms with Crippen LogP contribution in [0.1, 0.15) is 63.5 Å². The Morgan fingerprint density at radius 1 is 0.923 bits per heavy atom. The van der Waals surface area contributed by atoms with Crippen molar-refractivity contribution in [2.45, 2.75) is 58.0 Å². The lowest BCUT2D eigenvalue weighted by atomic mass is 9.91. The van der Waals surface area contributed by atoms with Gasteiger partial charge in [-0.15, -0.1) is 0 Å². The summed E-state index contributed by atoms with van der Waals surface area (Å²) in [4.78, 5) is 0. The molecule has 0 spiro atoms. The van der Waals surface area contributed by atoms with Crippen molar-refractivity contribution in [3.8, 4) is 11.1 Å². The van der Waals surface area contributed by atoms with Crippen molar-refractivity contribution >= 4 is 0 Å². The van der Waals surface area contributed by atoms with E-state index in [1.54, 1.807) is 0 Å². The zero-order valence-corrected chi connectivity index (χ0v) is 16.3. The smallest absolute Gasteiger partial charge is 0.179 e. The molecule has 1 aliphatic rings. The molecule has 0 saturated heterocycles. The first-order chi connectivity index (χ1) is 12.5. The van der Waals surface area contributed by atoms with Gasteiger partial charge in [0.1, 0.15) is 5.60 Å². The molecule has 0 atom stereocenters. The molecule has 0 heterocycles. The summed E-state index contributed by atoms with van der Waals surface area (Å²) < 4.78 is 5.70. The zero-order valence-electron chi connectivity index (χ0n) is 16.3. The van der Waals surface area contributed by atoms with Gasteiger partial charge in [0, 0.05) is 12.5 Å². The number of unbranched alkanes of at least 4 members (excludes halogenated alkanes) is 2. The van der Waals surface area contributed by atoms with Gasteiger partial charge < -0.3 is 10.1 Å². The van der Waals surface area contributed by atoms with E-state index in [2.05, 4.69) is 60.4 Å². The van der Waals surface area contributed by atoms with E-state index in [1.165, 1.54) is 41.5 Å². The van der Waals surface area contributed by atoms with Crippen LogP contribution in [0.15, 0.2) is 61.0 Å². The first kappa shape index (κ1) is 18.6. The number of fused-ring (bicyclic) bond motifs is 3. The van der Waals surface area contributed by atoms with Crippen molar-refractivity contribution in [2.24, 2.45) is 0 Å². The van der Waals surface area contributed by atoms with E-state index in [0.29, 0.717) is 11.8 Å². The van der Waals surface area contributed by atoms with Gasteiger partial charge in [-0.2, -0.15) is 0 Å². The molecule has 0 fully saturated rings. The predicted molar refractivity (Wildman–Crippen MR) is 110 cm³/mol. The summed E-state index contributed by atoms with van der Waals surface area (Å²) in [5.74, 6) is 1.23. The number of hydrogen-bond donors (Lipinski definition) is 1. The van der Waals surface area contributed by atoms with Gasteiger partial charge in [0.15, 0.2) is 5.88 Å². The van der Waals surface area contributed by atoms with Crippen molar-refractivity contribution in [1.29, 1.82) is 0 Å². The summed E-state index contributed by atoms with van der Waals surface area (Å²) in [6.45, 7) is 11.0. The highest BCUT2D eigenvalue weighted by Gasteiger charge is 2.27. The van der Waals surface area contributed by atoms with E-state index in [9.17, 15) is 0 Å². The molecule has 26 heavy (non-hydrogen) atoms. The van der Waals surface area contributed by atoms with E-state index < -0.39 is 0 Å². The molecule has 2 nitrogen and oxygen atoms in total. The second-order valence-corrected chi connectivity index (χ2v) is 8.14. The van der Waals surface area contributed by atoms with E-state index in [4.69, 9.17) is 4.74 Å². The Hall–Kier alpha value is -2.22. The Morgan fingerprint density at radius 3 is 2.08 bits per heavy atom. The minimum absolute atomic E-state index is 0.187. The molecule has 3 rings (SSSR count). The minimum atomic E-state index is -0.187. The second kappa shape index (κ2) is 7.99. The lowest BCUT2D eigenvalue weighted by molar-refractivity contribution is 0.0415. The molecular weight excluding hydrogens is 318 g/mol. The summed E-state index contributed by atoms with van der Waals surface area (Å²) in [5.41, 5.74) is 5.65. The highest BCUT2D eigenvalue weighted by Crippen LogP contribution is 2.46. The van der Waals surface area contributed by atoms with Gasteiger partial charge in [-0.05, 0) is 62.4 Å². The number of hydrogen-bond acceptors (Lipinski definition) is 2. The van der Waals surface area contributed by atoms with Crippen LogP contribution in [-0.2, 0) is 4.74 Å². The molecule has 0 radical (unpaired) electrons. The number of rotatable bonds is 8. The molecule has 2 aromatic carbocycles. The molecule has 0 bridgehead atoms. The van der Waals surface area contributed by atoms with Crippen LogP contribution in [0.25, 0.3) is 11.1 Å². The number of benzene rings is 2. The third-order valence-electron chi connectivity index (χ3n) is 4.88. The molecule has 0 saturated carbocycles. The molecule has 0 aromatic heterocycles. The van der Waals surface area contributed by atoms with Crippen LogP contribution >= 0.6 is 0 Å². The topological polar surface area (TPSA) is 21.3 Å². The van der Waals surface area contributed by atoms with Gasteiger partial charge in [-0.25, -0.2) is 0 Å². The Balaban J connectivity index is 1.47. The van der Waals surface area contributed by atoms with E-state index in [1.807, 2.05) is 20.8 Å². The molecular formula is C24H31NO. The van der Waals surface area contributed by atoms with Gasteiger partial charge in [0.25, 0.3) is 0 Å². The van der Waals surface area contributed by atoms with Gasteiger partial charge >= 0.3 is 0 Å². The van der Waals surface area contributed by atoms with E-state index in [0.717, 1.165) is 13.0 Å². The summed E-state index contributed by atoms with van der Waals surface area (Å²) in [7, 11) is 0. The van der Waals surface area contributed by atoms with Gasteiger partial charge in [0.05, 0.1) is 0 Å². The maximum atomic E-state index is 5.70. The largest absolute Gasteiger partial charge is 0.474 e. The Kier molecular flexibility index (Phi) is 5.70. The van der Waals surface area contributed by atoms with Crippen LogP contribution in [0.2, 0.25) is 0 Å². The van der Waals surface area contributed by atoms with Gasteiger partial charge in [-0.3, -0.25) is 0 Å². The maximum Gasteiger partial charge on any atom is 0.179 e. The fourth-order valence-corrected chi connectivity index (χ4v) is 3.85. The Morgan fingerprint density at radius 2 is 1.50 bits per heavy atom. The van der Waals surface area contributed by atoms with Crippen molar-refractivity contribution < 1.29 is 4.74 Å². The first-order valence-corrected chi connectivity index (χ1v) is 9.76. The van der Waals surface area contributed by atoms with E-state index >= 15 is 0 Å². The average Bonchev–Trinajstić information content (AvgIpc) is 2.91. The Bertz CT molecular complexity index is 711. The molecule has 2 heteroatoms. The SMILES string of the molecule is C=C(NCCCCCC1c2ccccc2-c2ccccc21)OC(C)(C)C. The highest BCUT2D eigenvalue weighted by atomic mass is 16.5. The molecule has 1 aliphatic carbocycles. The fourth-order valence-electron chi connectivity index (χ4n) is 3.85. The lowest BCUT2D eigenvalue weighted by Gasteiger charge is -2.23. The quantitative estimate of drug-likeness (QED) is 0.450. The molecule has 0 amide bonds. The predicted octanol–water partition coefficient (Wildman–Crippen LogP) is 6.24. The normalized spacial score (nSPS) is 13.2. The fraction of sp³-hybridized carbons (Fsp3) is 0.417. The van der Waals surface area contributed by atoms with Crippen LogP contribution in [0.3, 0.4) is 0 Å². The maximum absolute atomic E-state index is 5.70. The standard InChI is InChI=1S/C24H31NO/c1-18(26-24(2,3)4)25-17-11-5-6-12-19-20-13-7-9-15-22(20)23-16-10-8-14-21(19)23/h7-10,13-16,19,25H,1,5-6,11-12,17H2,2-4H3. The van der Waals surface area contributed by atoms with Crippen molar-refractivity contribution in [3.63, 3.8) is 0 Å². The number of nitrogens with one attached hydrogen (secondary N) is 1. The molecule has 0 aliphatic heterocycles. The monoisotopic (exact) mass is 349 g/mol. The third-order valence-corrected chi connectivity index (χ3v) is 4.88. The van der Waals surface area contributed by atoms with Gasteiger partial charge in [-0.1, -0.05) is 61.4 Å². The number of ether oxygens (including phenoxy) is 1. The van der Waals surface area contributed by atoms with Crippen LogP contribution in [-0.4, -0.2) is 12.1 Å². The first-order valence-electron chi connectivity index (χ1n) is 9.76. The summed E-state index contributed by atoms with van der Waals surface area (Å²) >= 11 is 0. The zero-order chi connectivity index (χ0) is 18.6. The van der Waals surface area contributed by atoms with Crippen molar-refractivity contribution in [2.75, 3.05) is 6.54 Å². The summed E-state index contributed by atoms with van der Waals surface area (Å²) in [6, 6.07) is 17.8. The highest BCUT2D eigenvalue weighted by molar-refractivity contribution is 5.78. The second-order valence-electron chi connectivity index (χ2n) is 8.14. The van der Waals surface area contributed by atoms with Gasteiger partial charge in [0.2, 0.25) is 0 Å². The van der Waals surface area contributed by atoms with Crippen LogP contribution < -0.4 is 5.32 Å². The Labute approximate surface area is 158 Å². The van der Waals surface area contributed by atoms with Crippen molar-refractivity contribution in [3.05, 3.63) is 72.1 Å². The third kappa shape index (κ3) is 4.49. The minimum Gasteiger partial charge on any atom is -0.474 e. The average molecular weight is 350 g/mol. The van der Waals surface area contributed by atoms with E-state index in [-0.39, 0.29) is 5.60 Å². The lowest BCUT2D eigenvalue weighted by Crippen LogP contribution is -2.25. The molecule has 2 aromatic rings. The van der Waals surface area contributed by atoms with Crippen molar-refractivity contribution in [1.82, 2.24) is 5.32 Å².